The molecule has 1 amide bonds. The van der Waals surface area contributed by atoms with Crippen LogP contribution < -0.4 is 10.1 Å². The first-order valence-electron chi connectivity index (χ1n) is 11.0. The van der Waals surface area contributed by atoms with Crippen LogP contribution >= 0.6 is 0 Å². The van der Waals surface area contributed by atoms with Crippen LogP contribution in [0, 0.1) is 17.6 Å². The zero-order valence-electron chi connectivity index (χ0n) is 19.5. The fourth-order valence-corrected chi connectivity index (χ4v) is 3.14. The molecule has 1 heterocycles. The van der Waals surface area contributed by atoms with Gasteiger partial charge < -0.3 is 20.3 Å². The zero-order chi connectivity index (χ0) is 25.8. The predicted molar refractivity (Wildman–Crippen MR) is 123 cm³/mol. The SMILES string of the molecule is CC(C)C(C)(O)COc1cc(C(=O)NC(CC(=O)O)c2cccc(F)c2)nn1-c1ccccc1F. The van der Waals surface area contributed by atoms with E-state index in [9.17, 15) is 28.6 Å². The summed E-state index contributed by atoms with van der Waals surface area (Å²) in [4.78, 5) is 24.4. The normalized spacial score (nSPS) is 13.8. The number of amides is 1. The molecule has 0 aliphatic heterocycles. The molecular formula is C25H27F2N3O5. The quantitative estimate of drug-likeness (QED) is 0.400. The first-order valence-corrected chi connectivity index (χ1v) is 11.0. The van der Waals surface area contributed by atoms with Crippen LogP contribution in [0.15, 0.2) is 54.6 Å². The molecule has 0 saturated carbocycles. The van der Waals surface area contributed by atoms with E-state index < -0.39 is 41.6 Å². The largest absolute Gasteiger partial charge is 0.481 e. The summed E-state index contributed by atoms with van der Waals surface area (Å²) in [6.45, 7) is 5.05. The number of carboxylic acids is 1. The Hall–Kier alpha value is -3.79. The molecule has 3 rings (SSSR count). The molecule has 0 radical (unpaired) electrons. The van der Waals surface area contributed by atoms with Crippen LogP contribution in [0.2, 0.25) is 0 Å². The molecule has 10 heteroatoms. The minimum Gasteiger partial charge on any atom is -0.481 e. The highest BCUT2D eigenvalue weighted by atomic mass is 19.1. The molecule has 3 aromatic rings. The number of para-hydroxylation sites is 1. The lowest BCUT2D eigenvalue weighted by atomic mass is 9.94. The first-order chi connectivity index (χ1) is 16.5. The average molecular weight is 488 g/mol. The molecule has 186 valence electrons. The topological polar surface area (TPSA) is 114 Å². The van der Waals surface area contributed by atoms with E-state index in [-0.39, 0.29) is 35.3 Å². The lowest BCUT2D eigenvalue weighted by Crippen LogP contribution is -2.38. The summed E-state index contributed by atoms with van der Waals surface area (Å²) in [5.74, 6) is -3.32. The monoisotopic (exact) mass is 487 g/mol. The van der Waals surface area contributed by atoms with E-state index in [1.54, 1.807) is 13.0 Å². The van der Waals surface area contributed by atoms with Crippen molar-refractivity contribution in [3.63, 3.8) is 0 Å². The van der Waals surface area contributed by atoms with Crippen LogP contribution in [0.4, 0.5) is 8.78 Å². The number of nitrogens with one attached hydrogen (secondary N) is 1. The Balaban J connectivity index is 1.95. The number of aromatic nitrogens is 2. The van der Waals surface area contributed by atoms with Crippen molar-refractivity contribution in [2.45, 2.75) is 38.8 Å². The Morgan fingerprint density at radius 2 is 1.86 bits per heavy atom. The maximum Gasteiger partial charge on any atom is 0.305 e. The maximum absolute atomic E-state index is 14.5. The Morgan fingerprint density at radius 3 is 2.49 bits per heavy atom. The molecule has 0 spiro atoms. The van der Waals surface area contributed by atoms with E-state index in [1.165, 1.54) is 42.5 Å². The van der Waals surface area contributed by atoms with Crippen molar-refractivity contribution in [1.29, 1.82) is 0 Å². The fraction of sp³-hybridized carbons (Fsp3) is 0.320. The third kappa shape index (κ3) is 6.42. The number of hydrogen-bond acceptors (Lipinski definition) is 5. The molecule has 1 aromatic heterocycles. The molecule has 0 aliphatic carbocycles. The van der Waals surface area contributed by atoms with Gasteiger partial charge in [0.25, 0.3) is 5.91 Å². The number of ether oxygens (including phenoxy) is 1. The number of carbonyl (C=O) groups is 2. The molecule has 0 fully saturated rings. The fourth-order valence-electron chi connectivity index (χ4n) is 3.14. The van der Waals surface area contributed by atoms with Gasteiger partial charge in [-0.05, 0) is 42.7 Å². The lowest BCUT2D eigenvalue weighted by molar-refractivity contribution is -0.137. The van der Waals surface area contributed by atoms with Gasteiger partial charge in [0.2, 0.25) is 5.88 Å². The number of nitrogens with zero attached hydrogens (tertiary/aromatic N) is 2. The predicted octanol–water partition coefficient (Wildman–Crippen LogP) is 3.88. The summed E-state index contributed by atoms with van der Waals surface area (Å²) in [6.07, 6.45) is -0.496. The zero-order valence-corrected chi connectivity index (χ0v) is 19.5. The van der Waals surface area contributed by atoms with E-state index in [1.807, 2.05) is 13.8 Å². The number of carboxylic acid groups (broad SMARTS) is 1. The van der Waals surface area contributed by atoms with Crippen LogP contribution in [0.25, 0.3) is 5.69 Å². The van der Waals surface area contributed by atoms with E-state index in [4.69, 9.17) is 4.74 Å². The highest BCUT2D eigenvalue weighted by Crippen LogP contribution is 2.25. The van der Waals surface area contributed by atoms with Crippen LogP contribution in [0.1, 0.15) is 49.3 Å². The van der Waals surface area contributed by atoms with Crippen molar-refractivity contribution in [2.24, 2.45) is 5.92 Å². The van der Waals surface area contributed by atoms with Crippen LogP contribution in [-0.2, 0) is 4.79 Å². The molecule has 2 aromatic carbocycles. The molecule has 2 unspecified atom stereocenters. The standard InChI is InChI=1S/C25H27F2N3O5/c1-15(2)25(3,34)14-35-22-12-20(29-30(22)21-10-5-4-9-18(21)27)24(33)28-19(13-23(31)32)16-7-6-8-17(26)11-16/h4-12,15,19,34H,13-14H2,1-3H3,(H,28,33)(H,31,32). The molecule has 2 atom stereocenters. The summed E-state index contributed by atoms with van der Waals surface area (Å²) < 4.78 is 35.0. The molecule has 0 bridgehead atoms. The Labute approximate surface area is 201 Å². The summed E-state index contributed by atoms with van der Waals surface area (Å²) in [5, 5.41) is 26.5. The van der Waals surface area contributed by atoms with Crippen molar-refractivity contribution < 1.29 is 33.3 Å². The van der Waals surface area contributed by atoms with E-state index in [0.717, 1.165) is 10.7 Å². The number of rotatable bonds is 10. The first kappa shape index (κ1) is 25.8. The molecule has 35 heavy (non-hydrogen) atoms. The lowest BCUT2D eigenvalue weighted by Gasteiger charge is -2.27. The van der Waals surface area contributed by atoms with Crippen molar-refractivity contribution in [1.82, 2.24) is 15.1 Å². The van der Waals surface area contributed by atoms with E-state index in [0.29, 0.717) is 0 Å². The third-order valence-electron chi connectivity index (χ3n) is 5.68. The smallest absolute Gasteiger partial charge is 0.305 e. The Morgan fingerprint density at radius 1 is 1.14 bits per heavy atom. The number of aliphatic carboxylic acids is 1. The van der Waals surface area contributed by atoms with E-state index in [2.05, 4.69) is 10.4 Å². The van der Waals surface area contributed by atoms with Crippen molar-refractivity contribution in [3.05, 3.63) is 77.5 Å². The number of halogens is 2. The maximum atomic E-state index is 14.5. The number of hydrogen-bond donors (Lipinski definition) is 3. The van der Waals surface area contributed by atoms with Crippen LogP contribution in [0.3, 0.4) is 0 Å². The summed E-state index contributed by atoms with van der Waals surface area (Å²) in [6, 6.07) is 11.2. The van der Waals surface area contributed by atoms with Gasteiger partial charge in [-0.2, -0.15) is 9.78 Å². The van der Waals surface area contributed by atoms with E-state index >= 15 is 0 Å². The minimum atomic E-state index is -1.21. The summed E-state index contributed by atoms with van der Waals surface area (Å²) in [5.41, 5.74) is -1.12. The number of carbonyl (C=O) groups excluding carboxylic acids is 1. The molecule has 8 nitrogen and oxygen atoms in total. The molecular weight excluding hydrogens is 460 g/mol. The van der Waals surface area contributed by atoms with Gasteiger partial charge in [-0.15, -0.1) is 0 Å². The highest BCUT2D eigenvalue weighted by molar-refractivity contribution is 5.93. The molecule has 0 saturated heterocycles. The van der Waals surface area contributed by atoms with Gasteiger partial charge in [-0.3, -0.25) is 9.59 Å². The third-order valence-corrected chi connectivity index (χ3v) is 5.68. The van der Waals surface area contributed by atoms with Crippen LogP contribution in [-0.4, -0.2) is 44.1 Å². The van der Waals surface area contributed by atoms with Crippen molar-refractivity contribution >= 4 is 11.9 Å². The second-order valence-electron chi connectivity index (χ2n) is 8.71. The van der Waals surface area contributed by atoms with Crippen molar-refractivity contribution in [2.75, 3.05) is 6.61 Å². The average Bonchev–Trinajstić information content (AvgIpc) is 3.21. The second-order valence-corrected chi connectivity index (χ2v) is 8.71. The van der Waals surface area contributed by atoms with Gasteiger partial charge in [0, 0.05) is 6.07 Å². The Bertz CT molecular complexity index is 1210. The minimum absolute atomic E-state index is 0.00159. The highest BCUT2D eigenvalue weighted by Gasteiger charge is 2.28. The van der Waals surface area contributed by atoms with Gasteiger partial charge in [-0.25, -0.2) is 8.78 Å². The number of benzene rings is 2. The second kappa shape index (κ2) is 10.6. The number of aliphatic hydroxyl groups is 1. The molecule has 0 aliphatic rings. The van der Waals surface area contributed by atoms with Gasteiger partial charge in [0.05, 0.1) is 18.1 Å². The van der Waals surface area contributed by atoms with Crippen LogP contribution in [0.5, 0.6) is 5.88 Å². The van der Waals surface area contributed by atoms with Gasteiger partial charge in [0.15, 0.2) is 5.69 Å². The summed E-state index contributed by atoms with van der Waals surface area (Å²) >= 11 is 0. The summed E-state index contributed by atoms with van der Waals surface area (Å²) in [7, 11) is 0. The van der Waals surface area contributed by atoms with Gasteiger partial charge in [-0.1, -0.05) is 38.1 Å². The molecule has 3 N–H and O–H groups in total. The van der Waals surface area contributed by atoms with Gasteiger partial charge >= 0.3 is 5.97 Å². The van der Waals surface area contributed by atoms with Gasteiger partial charge in [0.1, 0.15) is 23.9 Å². The van der Waals surface area contributed by atoms with Crippen molar-refractivity contribution in [3.8, 4) is 11.6 Å². The Kier molecular flexibility index (Phi) is 7.85.